The Hall–Kier alpha value is -0.900. The second-order valence-electron chi connectivity index (χ2n) is 5.60. The van der Waals surface area contributed by atoms with Crippen molar-refractivity contribution in [3.8, 4) is 0 Å². The summed E-state index contributed by atoms with van der Waals surface area (Å²) in [6, 6.07) is 0. The van der Waals surface area contributed by atoms with Gasteiger partial charge >= 0.3 is 0 Å². The van der Waals surface area contributed by atoms with Gasteiger partial charge in [-0.1, -0.05) is 27.7 Å². The number of aryl methyl sites for hydroxylation is 2. The van der Waals surface area contributed by atoms with E-state index in [0.717, 1.165) is 44.2 Å². The summed E-state index contributed by atoms with van der Waals surface area (Å²) in [5, 5.41) is 7.77. The molecule has 0 aromatic carbocycles. The van der Waals surface area contributed by atoms with Gasteiger partial charge in [-0.05, 0) is 37.8 Å². The zero-order valence-corrected chi connectivity index (χ0v) is 12.3. The topological polar surface area (TPSA) is 42.7 Å². The predicted octanol–water partition coefficient (Wildman–Crippen LogP) is 2.50. The van der Waals surface area contributed by atoms with E-state index in [9.17, 15) is 0 Å². The van der Waals surface area contributed by atoms with Crippen molar-refractivity contribution >= 4 is 0 Å². The van der Waals surface area contributed by atoms with Gasteiger partial charge in [-0.25, -0.2) is 4.98 Å². The molecule has 0 aliphatic rings. The van der Waals surface area contributed by atoms with Crippen LogP contribution in [0.15, 0.2) is 6.33 Å². The van der Waals surface area contributed by atoms with E-state index in [1.165, 1.54) is 6.42 Å². The summed E-state index contributed by atoms with van der Waals surface area (Å²) < 4.78 is 2.04. The highest BCUT2D eigenvalue weighted by Crippen LogP contribution is 2.07. The summed E-state index contributed by atoms with van der Waals surface area (Å²) in [5.74, 6) is 2.55. The quantitative estimate of drug-likeness (QED) is 0.734. The number of hydrogen-bond donors (Lipinski definition) is 1. The minimum absolute atomic E-state index is 0.690. The van der Waals surface area contributed by atoms with Crippen molar-refractivity contribution in [3.05, 3.63) is 12.2 Å². The van der Waals surface area contributed by atoms with Crippen molar-refractivity contribution < 1.29 is 0 Å². The van der Waals surface area contributed by atoms with Crippen LogP contribution in [0.5, 0.6) is 0 Å². The fraction of sp³-hybridized carbons (Fsp3) is 0.857. The Bertz CT molecular complexity index is 319. The minimum Gasteiger partial charge on any atom is -0.316 e. The summed E-state index contributed by atoms with van der Waals surface area (Å²) in [4.78, 5) is 4.35. The zero-order chi connectivity index (χ0) is 13.4. The molecule has 0 spiro atoms. The normalized spacial score (nSPS) is 13.2. The van der Waals surface area contributed by atoms with E-state index >= 15 is 0 Å². The van der Waals surface area contributed by atoms with Crippen LogP contribution in [-0.4, -0.2) is 27.9 Å². The summed E-state index contributed by atoms with van der Waals surface area (Å²) in [6.07, 6.45) is 4.99. The van der Waals surface area contributed by atoms with Crippen molar-refractivity contribution in [1.29, 1.82) is 0 Å². The molecule has 4 nitrogen and oxygen atoms in total. The molecule has 0 saturated heterocycles. The van der Waals surface area contributed by atoms with Crippen LogP contribution >= 0.6 is 0 Å². The summed E-state index contributed by atoms with van der Waals surface area (Å²) >= 11 is 0. The van der Waals surface area contributed by atoms with E-state index in [0.29, 0.717) is 5.92 Å². The van der Waals surface area contributed by atoms with Crippen molar-refractivity contribution in [2.75, 3.05) is 13.1 Å². The molecule has 1 atom stereocenters. The second kappa shape index (κ2) is 8.25. The predicted molar refractivity (Wildman–Crippen MR) is 75.5 cm³/mol. The maximum absolute atomic E-state index is 4.35. The molecule has 0 fully saturated rings. The molecule has 1 heterocycles. The van der Waals surface area contributed by atoms with Crippen LogP contribution in [0.25, 0.3) is 0 Å². The number of nitrogens with one attached hydrogen (secondary N) is 1. The molecule has 0 aliphatic heterocycles. The summed E-state index contributed by atoms with van der Waals surface area (Å²) in [6.45, 7) is 12.1. The first-order valence-corrected chi connectivity index (χ1v) is 7.20. The largest absolute Gasteiger partial charge is 0.316 e. The number of hydrogen-bond acceptors (Lipinski definition) is 3. The van der Waals surface area contributed by atoms with Crippen molar-refractivity contribution in [2.24, 2.45) is 11.8 Å². The van der Waals surface area contributed by atoms with Gasteiger partial charge in [0.25, 0.3) is 0 Å². The van der Waals surface area contributed by atoms with Gasteiger partial charge in [0.05, 0.1) is 0 Å². The average Bonchev–Trinajstić information content (AvgIpc) is 2.74. The molecule has 1 unspecified atom stereocenters. The number of aromatic nitrogens is 3. The molecule has 0 amide bonds. The molecule has 0 saturated carbocycles. The minimum atomic E-state index is 0.690. The Kier molecular flexibility index (Phi) is 6.94. The van der Waals surface area contributed by atoms with Crippen LogP contribution in [0.3, 0.4) is 0 Å². The molecule has 1 aromatic heterocycles. The van der Waals surface area contributed by atoms with Crippen molar-refractivity contribution in [3.63, 3.8) is 0 Å². The maximum atomic E-state index is 4.35. The Morgan fingerprint density at radius 2 is 2.06 bits per heavy atom. The monoisotopic (exact) mass is 252 g/mol. The smallest absolute Gasteiger partial charge is 0.138 e. The third-order valence-corrected chi connectivity index (χ3v) is 3.04. The highest BCUT2D eigenvalue weighted by molar-refractivity contribution is 4.85. The highest BCUT2D eigenvalue weighted by Gasteiger charge is 2.07. The van der Waals surface area contributed by atoms with Gasteiger partial charge in [0.1, 0.15) is 12.2 Å². The van der Waals surface area contributed by atoms with Crippen LogP contribution < -0.4 is 5.32 Å². The fourth-order valence-corrected chi connectivity index (χ4v) is 1.98. The standard InChI is InChI=1S/C14H28N4/c1-5-8-18-14(16-11-17-18)7-6-13(4)10-15-9-12(2)3/h11-13,15H,5-10H2,1-4H3. The van der Waals surface area contributed by atoms with E-state index in [2.05, 4.69) is 43.1 Å². The van der Waals surface area contributed by atoms with Gasteiger partial charge < -0.3 is 5.32 Å². The Morgan fingerprint density at radius 3 is 2.72 bits per heavy atom. The van der Waals surface area contributed by atoms with Crippen molar-refractivity contribution in [1.82, 2.24) is 20.1 Å². The molecule has 0 bridgehead atoms. The van der Waals surface area contributed by atoms with Crippen LogP contribution in [0, 0.1) is 11.8 Å². The van der Waals surface area contributed by atoms with Crippen LogP contribution in [0.1, 0.15) is 46.4 Å². The van der Waals surface area contributed by atoms with Crippen LogP contribution in [-0.2, 0) is 13.0 Å². The van der Waals surface area contributed by atoms with E-state index in [1.807, 2.05) is 4.68 Å². The lowest BCUT2D eigenvalue weighted by molar-refractivity contribution is 0.444. The maximum Gasteiger partial charge on any atom is 0.138 e. The molecule has 4 heteroatoms. The Balaban J connectivity index is 2.24. The third-order valence-electron chi connectivity index (χ3n) is 3.04. The van der Waals surface area contributed by atoms with Crippen LogP contribution in [0.4, 0.5) is 0 Å². The first-order chi connectivity index (χ1) is 8.63. The SMILES string of the molecule is CCCn1ncnc1CCC(C)CNCC(C)C. The number of nitrogens with zero attached hydrogens (tertiary/aromatic N) is 3. The van der Waals surface area contributed by atoms with E-state index in [1.54, 1.807) is 6.33 Å². The first kappa shape index (κ1) is 15.2. The van der Waals surface area contributed by atoms with Gasteiger partial charge in [-0.2, -0.15) is 5.10 Å². The van der Waals surface area contributed by atoms with Gasteiger partial charge in [-0.3, -0.25) is 4.68 Å². The van der Waals surface area contributed by atoms with Gasteiger partial charge in [0.2, 0.25) is 0 Å². The van der Waals surface area contributed by atoms with Crippen molar-refractivity contribution in [2.45, 2.75) is 53.5 Å². The second-order valence-corrected chi connectivity index (χ2v) is 5.60. The molecule has 18 heavy (non-hydrogen) atoms. The summed E-state index contributed by atoms with van der Waals surface area (Å²) in [5.41, 5.74) is 0. The van der Waals surface area contributed by atoms with Crippen LogP contribution in [0.2, 0.25) is 0 Å². The first-order valence-electron chi connectivity index (χ1n) is 7.20. The lowest BCUT2D eigenvalue weighted by Crippen LogP contribution is -2.25. The molecular weight excluding hydrogens is 224 g/mol. The molecular formula is C14H28N4. The van der Waals surface area contributed by atoms with Gasteiger partial charge in [0, 0.05) is 13.0 Å². The molecule has 0 aliphatic carbocycles. The van der Waals surface area contributed by atoms with E-state index < -0.39 is 0 Å². The van der Waals surface area contributed by atoms with E-state index in [4.69, 9.17) is 0 Å². The molecule has 0 radical (unpaired) electrons. The Labute approximate surface area is 111 Å². The third kappa shape index (κ3) is 5.63. The number of rotatable bonds is 9. The average molecular weight is 252 g/mol. The molecule has 104 valence electrons. The van der Waals surface area contributed by atoms with Gasteiger partial charge in [0.15, 0.2) is 0 Å². The van der Waals surface area contributed by atoms with E-state index in [-0.39, 0.29) is 0 Å². The highest BCUT2D eigenvalue weighted by atomic mass is 15.3. The zero-order valence-electron chi connectivity index (χ0n) is 12.3. The molecule has 1 N–H and O–H groups in total. The fourth-order valence-electron chi connectivity index (χ4n) is 1.98. The Morgan fingerprint density at radius 1 is 1.28 bits per heavy atom. The summed E-state index contributed by atoms with van der Waals surface area (Å²) in [7, 11) is 0. The molecule has 1 aromatic rings. The lowest BCUT2D eigenvalue weighted by Gasteiger charge is -2.13. The van der Waals surface area contributed by atoms with Gasteiger partial charge in [-0.15, -0.1) is 0 Å². The lowest BCUT2D eigenvalue weighted by atomic mass is 10.1. The molecule has 1 rings (SSSR count).